The molecule has 0 aromatic carbocycles. The van der Waals surface area contributed by atoms with Crippen LogP contribution >= 0.6 is 15.9 Å². The summed E-state index contributed by atoms with van der Waals surface area (Å²) in [5.74, 6) is 0. The molecule has 72 valence electrons. The van der Waals surface area contributed by atoms with E-state index in [1.54, 1.807) is 6.92 Å². The quantitative estimate of drug-likeness (QED) is 0.806. The molecule has 0 radical (unpaired) electrons. The maximum absolute atomic E-state index is 12.3. The molecule has 2 nitrogen and oxygen atoms in total. The number of H-pyrrole nitrogens is 1. The summed E-state index contributed by atoms with van der Waals surface area (Å²) < 4.78 is 24.5. The van der Waals surface area contributed by atoms with Crippen molar-refractivity contribution in [2.75, 3.05) is 0 Å². The van der Waals surface area contributed by atoms with E-state index in [2.05, 4.69) is 20.9 Å². The first-order valence-corrected chi connectivity index (χ1v) is 4.75. The Kier molecular flexibility index (Phi) is 3.19. The molecule has 5 heteroatoms. The molecule has 0 spiro atoms. The van der Waals surface area contributed by atoms with Crippen LogP contribution in [0.15, 0.2) is 10.9 Å². The van der Waals surface area contributed by atoms with Crippen molar-refractivity contribution in [2.45, 2.75) is 18.7 Å². The van der Waals surface area contributed by atoms with E-state index in [4.69, 9.17) is 0 Å². The Balaban J connectivity index is 3.29. The molecule has 0 atom stereocenters. The topological polar surface area (TPSA) is 32.9 Å². The van der Waals surface area contributed by atoms with Gasteiger partial charge in [0.15, 0.2) is 0 Å². The molecule has 1 rings (SSSR count). The zero-order chi connectivity index (χ0) is 10.0. The summed E-state index contributed by atoms with van der Waals surface area (Å²) in [4.78, 5) is 13.3. The number of aromatic nitrogens is 1. The first kappa shape index (κ1) is 10.4. The Morgan fingerprint density at radius 1 is 1.62 bits per heavy atom. The molecule has 0 saturated heterocycles. The molecule has 1 N–H and O–H groups in total. The van der Waals surface area contributed by atoms with E-state index in [1.165, 1.54) is 6.07 Å². The lowest BCUT2D eigenvalue weighted by molar-refractivity contribution is 0.145. The number of rotatable bonds is 2. The van der Waals surface area contributed by atoms with Gasteiger partial charge >= 0.3 is 0 Å². The Morgan fingerprint density at radius 3 is 2.69 bits per heavy atom. The van der Waals surface area contributed by atoms with Crippen molar-refractivity contribution in [1.82, 2.24) is 4.98 Å². The smallest absolute Gasteiger partial charge is 0.278 e. The second kappa shape index (κ2) is 4.00. The third-order valence-corrected chi connectivity index (χ3v) is 2.32. The van der Waals surface area contributed by atoms with Gasteiger partial charge < -0.3 is 4.98 Å². The van der Waals surface area contributed by atoms with Crippen LogP contribution in [0.3, 0.4) is 0 Å². The van der Waals surface area contributed by atoms with E-state index >= 15 is 0 Å². The van der Waals surface area contributed by atoms with Gasteiger partial charge in [0.2, 0.25) is 0 Å². The van der Waals surface area contributed by atoms with Gasteiger partial charge in [-0.1, -0.05) is 15.9 Å². The Hall–Kier alpha value is -0.710. The zero-order valence-electron chi connectivity index (χ0n) is 6.90. The van der Waals surface area contributed by atoms with Crippen LogP contribution in [0.25, 0.3) is 0 Å². The number of halogens is 3. The highest BCUT2D eigenvalue weighted by molar-refractivity contribution is 9.08. The fraction of sp³-hybridized carbons (Fsp3) is 0.375. The van der Waals surface area contributed by atoms with Gasteiger partial charge in [-0.3, -0.25) is 4.79 Å². The van der Waals surface area contributed by atoms with Gasteiger partial charge in [0, 0.05) is 10.9 Å². The number of pyridine rings is 1. The molecule has 0 saturated carbocycles. The summed E-state index contributed by atoms with van der Waals surface area (Å²) in [5, 5.41) is 0.368. The molecule has 1 aromatic rings. The third kappa shape index (κ3) is 2.15. The van der Waals surface area contributed by atoms with Crippen molar-refractivity contribution < 1.29 is 8.78 Å². The number of alkyl halides is 3. The average molecular weight is 252 g/mol. The molecular formula is C8H8BrF2NO. The fourth-order valence-electron chi connectivity index (χ4n) is 1.03. The normalized spacial score (nSPS) is 10.8. The standard InChI is InChI=1S/C8H8BrF2NO/c1-4-2-5(3-9)8(13)12-6(4)7(10)11/h2,7H,3H2,1H3,(H,12,13). The van der Waals surface area contributed by atoms with E-state index < -0.39 is 12.0 Å². The van der Waals surface area contributed by atoms with Crippen molar-refractivity contribution in [1.29, 1.82) is 0 Å². The van der Waals surface area contributed by atoms with Crippen LogP contribution in [0.1, 0.15) is 23.2 Å². The average Bonchev–Trinajstić information content (AvgIpc) is 2.07. The summed E-state index contributed by atoms with van der Waals surface area (Å²) in [5.41, 5.74) is 0.110. The van der Waals surface area contributed by atoms with Gasteiger partial charge in [0.1, 0.15) is 0 Å². The Labute approximate surface area is 82.1 Å². The molecule has 0 amide bonds. The lowest BCUT2D eigenvalue weighted by Gasteiger charge is -2.05. The van der Waals surface area contributed by atoms with Crippen LogP contribution < -0.4 is 5.56 Å². The summed E-state index contributed by atoms with van der Waals surface area (Å²) in [6, 6.07) is 1.47. The van der Waals surface area contributed by atoms with Crippen LogP contribution in [0.2, 0.25) is 0 Å². The molecule has 0 aliphatic heterocycles. The van der Waals surface area contributed by atoms with Crippen molar-refractivity contribution >= 4 is 15.9 Å². The monoisotopic (exact) mass is 251 g/mol. The second-order valence-electron chi connectivity index (χ2n) is 2.65. The third-order valence-electron chi connectivity index (χ3n) is 1.72. The number of nitrogens with one attached hydrogen (secondary N) is 1. The summed E-state index contributed by atoms with van der Waals surface area (Å²) >= 11 is 3.10. The zero-order valence-corrected chi connectivity index (χ0v) is 8.49. The largest absolute Gasteiger partial charge is 0.321 e. The highest BCUT2D eigenvalue weighted by Crippen LogP contribution is 2.19. The Morgan fingerprint density at radius 2 is 2.23 bits per heavy atom. The minimum atomic E-state index is -2.63. The van der Waals surface area contributed by atoms with Gasteiger partial charge in [-0.25, -0.2) is 8.78 Å². The molecule has 1 heterocycles. The highest BCUT2D eigenvalue weighted by atomic mass is 79.9. The molecule has 0 bridgehead atoms. The minimum Gasteiger partial charge on any atom is -0.321 e. The minimum absolute atomic E-state index is 0.297. The first-order valence-electron chi connectivity index (χ1n) is 3.63. The molecule has 0 aliphatic carbocycles. The lowest BCUT2D eigenvalue weighted by atomic mass is 10.2. The molecule has 0 aliphatic rings. The lowest BCUT2D eigenvalue weighted by Crippen LogP contribution is -2.15. The van der Waals surface area contributed by atoms with Gasteiger partial charge in [-0.15, -0.1) is 0 Å². The fourth-order valence-corrected chi connectivity index (χ4v) is 1.45. The van der Waals surface area contributed by atoms with Crippen molar-refractivity contribution in [3.63, 3.8) is 0 Å². The van der Waals surface area contributed by atoms with Crippen LogP contribution in [0, 0.1) is 6.92 Å². The summed E-state index contributed by atoms with van der Waals surface area (Å²) in [6.45, 7) is 1.55. The summed E-state index contributed by atoms with van der Waals surface area (Å²) in [6.07, 6.45) is -2.63. The number of aryl methyl sites for hydroxylation is 1. The number of hydrogen-bond acceptors (Lipinski definition) is 1. The SMILES string of the molecule is Cc1cc(CBr)c(=O)[nH]c1C(F)F. The van der Waals surface area contributed by atoms with Crippen molar-refractivity contribution in [3.05, 3.63) is 33.2 Å². The molecule has 0 unspecified atom stereocenters. The number of hydrogen-bond donors (Lipinski definition) is 1. The van der Waals surface area contributed by atoms with Gasteiger partial charge in [-0.2, -0.15) is 0 Å². The second-order valence-corrected chi connectivity index (χ2v) is 3.22. The van der Waals surface area contributed by atoms with Crippen LogP contribution in [0.4, 0.5) is 8.78 Å². The van der Waals surface area contributed by atoms with Crippen molar-refractivity contribution in [3.8, 4) is 0 Å². The molecule has 0 fully saturated rings. The predicted octanol–water partition coefficient (Wildman–Crippen LogP) is 2.52. The van der Waals surface area contributed by atoms with E-state index in [-0.39, 0.29) is 5.69 Å². The van der Waals surface area contributed by atoms with E-state index in [0.717, 1.165) is 0 Å². The number of aromatic amines is 1. The first-order chi connectivity index (χ1) is 6.06. The van der Waals surface area contributed by atoms with Crippen LogP contribution in [0.5, 0.6) is 0 Å². The molecule has 13 heavy (non-hydrogen) atoms. The van der Waals surface area contributed by atoms with Gasteiger partial charge in [0.25, 0.3) is 12.0 Å². The maximum atomic E-state index is 12.3. The Bertz CT molecular complexity index is 362. The van der Waals surface area contributed by atoms with E-state index in [9.17, 15) is 13.6 Å². The van der Waals surface area contributed by atoms with Gasteiger partial charge in [-0.05, 0) is 18.6 Å². The van der Waals surface area contributed by atoms with E-state index in [0.29, 0.717) is 16.5 Å². The summed E-state index contributed by atoms with van der Waals surface area (Å²) in [7, 11) is 0. The van der Waals surface area contributed by atoms with Crippen LogP contribution in [-0.4, -0.2) is 4.98 Å². The van der Waals surface area contributed by atoms with Crippen LogP contribution in [-0.2, 0) is 5.33 Å². The predicted molar refractivity (Wildman–Crippen MR) is 49.4 cm³/mol. The van der Waals surface area contributed by atoms with Gasteiger partial charge in [0.05, 0.1) is 5.69 Å². The van der Waals surface area contributed by atoms with Crippen molar-refractivity contribution in [2.24, 2.45) is 0 Å². The maximum Gasteiger partial charge on any atom is 0.278 e. The van der Waals surface area contributed by atoms with E-state index in [1.807, 2.05) is 0 Å². The molecular weight excluding hydrogens is 244 g/mol. The molecule has 1 aromatic heterocycles. The highest BCUT2D eigenvalue weighted by Gasteiger charge is 2.12.